The number of methoxy groups -OCH3 is 1. The predicted molar refractivity (Wildman–Crippen MR) is 62.5 cm³/mol. The molecule has 0 radical (unpaired) electrons. The molecule has 0 aliphatic carbocycles. The number of carbonyl (C=O) groups is 2. The van der Waals surface area contributed by atoms with Crippen LogP contribution in [0.2, 0.25) is 0 Å². The Morgan fingerprint density at radius 3 is 2.72 bits per heavy atom. The molecule has 0 saturated heterocycles. The molecular weight excluding hydrogens is 240 g/mol. The SMILES string of the molecule is COc1ccc(C(=O)NCCOC(N)=O)c(O)c1. The van der Waals surface area contributed by atoms with Gasteiger partial charge in [-0.3, -0.25) is 4.79 Å². The molecule has 0 saturated carbocycles. The van der Waals surface area contributed by atoms with Crippen LogP contribution in [0.5, 0.6) is 11.5 Å². The summed E-state index contributed by atoms with van der Waals surface area (Å²) in [7, 11) is 1.45. The molecule has 0 unspecified atom stereocenters. The summed E-state index contributed by atoms with van der Waals surface area (Å²) in [5.41, 5.74) is 4.86. The molecule has 1 aromatic rings. The minimum absolute atomic E-state index is 0.0298. The maximum absolute atomic E-state index is 11.6. The number of nitrogens with two attached hydrogens (primary N) is 1. The van der Waals surface area contributed by atoms with Crippen LogP contribution in [0.25, 0.3) is 0 Å². The molecular formula is C11H14N2O5. The topological polar surface area (TPSA) is 111 Å². The number of carbonyl (C=O) groups excluding carboxylic acids is 2. The van der Waals surface area contributed by atoms with Crippen LogP contribution in [0.1, 0.15) is 10.4 Å². The monoisotopic (exact) mass is 254 g/mol. The second kappa shape index (κ2) is 6.33. The van der Waals surface area contributed by atoms with Gasteiger partial charge in [0.25, 0.3) is 5.91 Å². The van der Waals surface area contributed by atoms with E-state index in [1.54, 1.807) is 6.07 Å². The van der Waals surface area contributed by atoms with E-state index in [-0.39, 0.29) is 24.5 Å². The van der Waals surface area contributed by atoms with Crippen LogP contribution < -0.4 is 15.8 Å². The second-order valence-corrected chi connectivity index (χ2v) is 3.31. The van der Waals surface area contributed by atoms with Gasteiger partial charge in [0.1, 0.15) is 18.1 Å². The van der Waals surface area contributed by atoms with Crippen LogP contribution in [0.4, 0.5) is 4.79 Å². The van der Waals surface area contributed by atoms with Crippen molar-refractivity contribution in [2.45, 2.75) is 0 Å². The molecule has 0 atom stereocenters. The highest BCUT2D eigenvalue weighted by molar-refractivity contribution is 5.97. The van der Waals surface area contributed by atoms with E-state index in [4.69, 9.17) is 10.5 Å². The average molecular weight is 254 g/mol. The van der Waals surface area contributed by atoms with Crippen molar-refractivity contribution in [3.8, 4) is 11.5 Å². The Hall–Kier alpha value is -2.44. The van der Waals surface area contributed by atoms with Crippen molar-refractivity contribution in [1.82, 2.24) is 5.32 Å². The van der Waals surface area contributed by atoms with Crippen LogP contribution >= 0.6 is 0 Å². The maximum atomic E-state index is 11.6. The number of phenolic OH excluding ortho intramolecular Hbond substituents is 1. The first-order valence-electron chi connectivity index (χ1n) is 5.12. The zero-order valence-electron chi connectivity index (χ0n) is 9.80. The smallest absolute Gasteiger partial charge is 0.404 e. The van der Waals surface area contributed by atoms with Gasteiger partial charge >= 0.3 is 6.09 Å². The molecule has 0 heterocycles. The molecule has 0 fully saturated rings. The van der Waals surface area contributed by atoms with Gasteiger partial charge in [0.05, 0.1) is 19.2 Å². The van der Waals surface area contributed by atoms with Crippen LogP contribution in [-0.2, 0) is 4.74 Å². The van der Waals surface area contributed by atoms with Crippen molar-refractivity contribution in [2.24, 2.45) is 5.73 Å². The van der Waals surface area contributed by atoms with Crippen molar-refractivity contribution in [3.63, 3.8) is 0 Å². The van der Waals surface area contributed by atoms with Gasteiger partial charge in [-0.15, -0.1) is 0 Å². The Bertz CT molecular complexity index is 447. The second-order valence-electron chi connectivity index (χ2n) is 3.31. The lowest BCUT2D eigenvalue weighted by molar-refractivity contribution is 0.0934. The summed E-state index contributed by atoms with van der Waals surface area (Å²) in [5, 5.41) is 12.1. The minimum Gasteiger partial charge on any atom is -0.507 e. The quantitative estimate of drug-likeness (QED) is 0.651. The zero-order valence-corrected chi connectivity index (χ0v) is 9.80. The van der Waals surface area contributed by atoms with E-state index in [9.17, 15) is 14.7 Å². The van der Waals surface area contributed by atoms with Gasteiger partial charge in [-0.1, -0.05) is 0 Å². The van der Waals surface area contributed by atoms with Crippen molar-refractivity contribution >= 4 is 12.0 Å². The average Bonchev–Trinajstić information content (AvgIpc) is 2.33. The van der Waals surface area contributed by atoms with E-state index in [1.807, 2.05) is 0 Å². The van der Waals surface area contributed by atoms with E-state index < -0.39 is 12.0 Å². The molecule has 4 N–H and O–H groups in total. The van der Waals surface area contributed by atoms with E-state index in [0.717, 1.165) is 0 Å². The summed E-state index contributed by atoms with van der Waals surface area (Å²) in [6.45, 7) is 0.0746. The van der Waals surface area contributed by atoms with Gasteiger partial charge < -0.3 is 25.6 Å². The lowest BCUT2D eigenvalue weighted by Crippen LogP contribution is -2.29. The highest BCUT2D eigenvalue weighted by Crippen LogP contribution is 2.22. The van der Waals surface area contributed by atoms with Gasteiger partial charge in [0.2, 0.25) is 0 Å². The fraction of sp³-hybridized carbons (Fsp3) is 0.273. The summed E-state index contributed by atoms with van der Waals surface area (Å²) < 4.78 is 9.33. The third-order valence-electron chi connectivity index (χ3n) is 2.08. The first kappa shape index (κ1) is 13.6. The molecule has 0 bridgehead atoms. The first-order valence-corrected chi connectivity index (χ1v) is 5.12. The van der Waals surface area contributed by atoms with E-state index in [1.165, 1.54) is 19.2 Å². The normalized spacial score (nSPS) is 9.61. The first-order chi connectivity index (χ1) is 8.54. The van der Waals surface area contributed by atoms with E-state index >= 15 is 0 Å². The van der Waals surface area contributed by atoms with Gasteiger partial charge in [0, 0.05) is 6.07 Å². The number of nitrogens with one attached hydrogen (secondary N) is 1. The number of ether oxygens (including phenoxy) is 2. The molecule has 0 spiro atoms. The fourth-order valence-corrected chi connectivity index (χ4v) is 1.24. The van der Waals surface area contributed by atoms with Gasteiger partial charge in [-0.05, 0) is 12.1 Å². The molecule has 98 valence electrons. The Morgan fingerprint density at radius 1 is 1.44 bits per heavy atom. The highest BCUT2D eigenvalue weighted by Gasteiger charge is 2.11. The Morgan fingerprint density at radius 2 is 2.17 bits per heavy atom. The Balaban J connectivity index is 2.54. The molecule has 18 heavy (non-hydrogen) atoms. The number of phenols is 1. The van der Waals surface area contributed by atoms with Crippen LogP contribution in [0.15, 0.2) is 18.2 Å². The van der Waals surface area contributed by atoms with Gasteiger partial charge in [-0.25, -0.2) is 4.79 Å². The van der Waals surface area contributed by atoms with Crippen LogP contribution in [0.3, 0.4) is 0 Å². The number of amides is 2. The highest BCUT2D eigenvalue weighted by atomic mass is 16.5. The number of benzene rings is 1. The Kier molecular flexibility index (Phi) is 4.79. The van der Waals surface area contributed by atoms with Crippen LogP contribution in [-0.4, -0.2) is 37.4 Å². The number of primary amides is 1. The maximum Gasteiger partial charge on any atom is 0.404 e. The summed E-state index contributed by atoms with van der Waals surface area (Å²) in [6, 6.07) is 4.31. The lowest BCUT2D eigenvalue weighted by Gasteiger charge is -2.08. The van der Waals surface area contributed by atoms with Crippen molar-refractivity contribution in [1.29, 1.82) is 0 Å². The molecule has 0 aliphatic rings. The van der Waals surface area contributed by atoms with Crippen molar-refractivity contribution in [2.75, 3.05) is 20.3 Å². The summed E-state index contributed by atoms with van der Waals surface area (Å²) in [6.07, 6.45) is -0.906. The largest absolute Gasteiger partial charge is 0.507 e. The molecule has 2 amide bonds. The Labute approximate surface area is 103 Å². The number of rotatable bonds is 5. The van der Waals surface area contributed by atoms with Gasteiger partial charge in [0.15, 0.2) is 0 Å². The lowest BCUT2D eigenvalue weighted by atomic mass is 10.2. The van der Waals surface area contributed by atoms with Gasteiger partial charge in [-0.2, -0.15) is 0 Å². The molecule has 0 aliphatic heterocycles. The van der Waals surface area contributed by atoms with Crippen LogP contribution in [0, 0.1) is 0 Å². The summed E-state index contributed by atoms with van der Waals surface area (Å²) in [5.74, 6) is -0.230. The summed E-state index contributed by atoms with van der Waals surface area (Å²) >= 11 is 0. The number of hydrogen-bond acceptors (Lipinski definition) is 5. The molecule has 7 heteroatoms. The molecule has 7 nitrogen and oxygen atoms in total. The third-order valence-corrected chi connectivity index (χ3v) is 2.08. The summed E-state index contributed by atoms with van der Waals surface area (Å²) in [4.78, 5) is 21.9. The number of hydrogen-bond donors (Lipinski definition) is 3. The van der Waals surface area contributed by atoms with E-state index in [0.29, 0.717) is 5.75 Å². The standard InChI is InChI=1S/C11H14N2O5/c1-17-7-2-3-8(9(14)6-7)10(15)13-4-5-18-11(12)16/h2-3,6,14H,4-5H2,1H3,(H2,12,16)(H,13,15). The zero-order chi connectivity index (χ0) is 13.5. The van der Waals surface area contributed by atoms with Crippen molar-refractivity contribution in [3.05, 3.63) is 23.8 Å². The predicted octanol–water partition coefficient (Wildman–Crippen LogP) is 0.226. The molecule has 1 aromatic carbocycles. The number of aromatic hydroxyl groups is 1. The molecule has 0 aromatic heterocycles. The minimum atomic E-state index is -0.906. The fourth-order valence-electron chi connectivity index (χ4n) is 1.24. The molecule has 1 rings (SSSR count). The third kappa shape index (κ3) is 3.85. The van der Waals surface area contributed by atoms with E-state index in [2.05, 4.69) is 10.1 Å². The van der Waals surface area contributed by atoms with Crippen molar-refractivity contribution < 1.29 is 24.2 Å².